The molecule has 40 heavy (non-hydrogen) atoms. The fourth-order valence-corrected chi connectivity index (χ4v) is 5.41. The first-order valence-electron chi connectivity index (χ1n) is 12.8. The van der Waals surface area contributed by atoms with Crippen LogP contribution in [0.3, 0.4) is 0 Å². The predicted molar refractivity (Wildman–Crippen MR) is 153 cm³/mol. The quantitative estimate of drug-likeness (QED) is 0.383. The van der Waals surface area contributed by atoms with Crippen LogP contribution >= 0.6 is 0 Å². The van der Waals surface area contributed by atoms with Crippen LogP contribution in [0, 0.1) is 12.7 Å². The molecule has 214 valence electrons. The molecule has 1 unspecified atom stereocenters. The number of anilines is 1. The first kappa shape index (κ1) is 30.6. The molecule has 0 aliphatic heterocycles. The molecule has 0 spiro atoms. The van der Waals surface area contributed by atoms with Crippen LogP contribution in [0.4, 0.5) is 10.1 Å². The van der Waals surface area contributed by atoms with Gasteiger partial charge in [0.1, 0.15) is 24.2 Å². The molecule has 1 N–H and O–H groups in total. The van der Waals surface area contributed by atoms with Gasteiger partial charge in [0.2, 0.25) is 11.8 Å². The molecule has 0 aliphatic carbocycles. The van der Waals surface area contributed by atoms with Gasteiger partial charge < -0.3 is 15.0 Å². The second kappa shape index (κ2) is 12.5. The van der Waals surface area contributed by atoms with Crippen molar-refractivity contribution in [3.05, 3.63) is 89.7 Å². The van der Waals surface area contributed by atoms with Gasteiger partial charge in [-0.05, 0) is 88.7 Å². The first-order valence-corrected chi connectivity index (χ1v) is 14.2. The summed E-state index contributed by atoms with van der Waals surface area (Å²) in [6.07, 6.45) is 0. The number of aryl methyl sites for hydroxylation is 1. The van der Waals surface area contributed by atoms with Crippen LogP contribution in [0.2, 0.25) is 0 Å². The standard InChI is InChI=1S/C30H36FN3O5S/c1-21-10-14-25(15-11-21)34(40(37,38)27-16-12-24(31)13-17-27)20-28(35)33(22(2)29(36)32-30(3,4)5)19-23-8-7-9-26(18-23)39-6/h7-18,22H,19-20H2,1-6H3,(H,32,36). The molecule has 0 aromatic heterocycles. The van der Waals surface area contributed by atoms with E-state index in [-0.39, 0.29) is 23.0 Å². The average Bonchev–Trinajstić information content (AvgIpc) is 2.89. The molecule has 3 aromatic carbocycles. The summed E-state index contributed by atoms with van der Waals surface area (Å²) in [6, 6.07) is 17.3. The number of nitrogens with zero attached hydrogens (tertiary/aromatic N) is 2. The van der Waals surface area contributed by atoms with E-state index >= 15 is 0 Å². The number of rotatable bonds is 10. The molecule has 10 heteroatoms. The maximum atomic E-state index is 13.9. The highest BCUT2D eigenvalue weighted by Gasteiger charge is 2.33. The van der Waals surface area contributed by atoms with Crippen LogP contribution in [0.25, 0.3) is 0 Å². The molecule has 0 aliphatic rings. The van der Waals surface area contributed by atoms with Crippen molar-refractivity contribution in [2.45, 2.75) is 57.6 Å². The Hall–Kier alpha value is -3.92. The normalized spacial score (nSPS) is 12.4. The highest BCUT2D eigenvalue weighted by molar-refractivity contribution is 7.92. The zero-order chi connectivity index (χ0) is 29.7. The number of halogens is 1. The van der Waals surface area contributed by atoms with Crippen molar-refractivity contribution in [3.63, 3.8) is 0 Å². The highest BCUT2D eigenvalue weighted by atomic mass is 32.2. The van der Waals surface area contributed by atoms with E-state index in [1.54, 1.807) is 55.5 Å². The number of carbonyl (C=O) groups excluding carboxylic acids is 2. The van der Waals surface area contributed by atoms with Gasteiger partial charge in [0.25, 0.3) is 10.0 Å². The monoisotopic (exact) mass is 569 g/mol. The van der Waals surface area contributed by atoms with Crippen molar-refractivity contribution in [3.8, 4) is 5.75 Å². The van der Waals surface area contributed by atoms with Crippen molar-refractivity contribution >= 4 is 27.5 Å². The summed E-state index contributed by atoms with van der Waals surface area (Å²) in [7, 11) is -2.74. The number of amides is 2. The molecule has 1 atom stereocenters. The summed E-state index contributed by atoms with van der Waals surface area (Å²) in [5.74, 6) is -0.977. The number of hydrogen-bond donors (Lipinski definition) is 1. The Morgan fingerprint density at radius 1 is 1.00 bits per heavy atom. The Morgan fingerprint density at radius 2 is 1.62 bits per heavy atom. The Bertz CT molecular complexity index is 1440. The van der Waals surface area contributed by atoms with Gasteiger partial charge in [-0.2, -0.15) is 0 Å². The van der Waals surface area contributed by atoms with Crippen molar-refractivity contribution in [2.75, 3.05) is 18.0 Å². The van der Waals surface area contributed by atoms with Crippen LogP contribution in [0.1, 0.15) is 38.8 Å². The lowest BCUT2D eigenvalue weighted by molar-refractivity contribution is -0.140. The van der Waals surface area contributed by atoms with E-state index in [1.807, 2.05) is 27.7 Å². The zero-order valence-corrected chi connectivity index (χ0v) is 24.5. The summed E-state index contributed by atoms with van der Waals surface area (Å²) in [5, 5.41) is 2.89. The minimum absolute atomic E-state index is 0.0348. The van der Waals surface area contributed by atoms with Gasteiger partial charge in [-0.1, -0.05) is 29.8 Å². The van der Waals surface area contributed by atoms with Crippen LogP contribution < -0.4 is 14.4 Å². The molecule has 3 rings (SSSR count). The van der Waals surface area contributed by atoms with E-state index in [2.05, 4.69) is 5.32 Å². The Kier molecular flexibility index (Phi) is 9.57. The first-order chi connectivity index (χ1) is 18.7. The predicted octanol–water partition coefficient (Wildman–Crippen LogP) is 4.67. The molecule has 2 amide bonds. The smallest absolute Gasteiger partial charge is 0.264 e. The third-order valence-corrected chi connectivity index (χ3v) is 7.94. The highest BCUT2D eigenvalue weighted by Crippen LogP contribution is 2.25. The van der Waals surface area contributed by atoms with Crippen molar-refractivity contribution in [2.24, 2.45) is 0 Å². The molecule has 0 heterocycles. The molecule has 0 saturated heterocycles. The Labute approximate surface area is 235 Å². The number of sulfonamides is 1. The van der Waals surface area contributed by atoms with Crippen molar-refractivity contribution in [1.82, 2.24) is 10.2 Å². The number of methoxy groups -OCH3 is 1. The lowest BCUT2D eigenvalue weighted by atomic mass is 10.1. The van der Waals surface area contributed by atoms with Gasteiger partial charge in [-0.15, -0.1) is 0 Å². The SMILES string of the molecule is COc1cccc(CN(C(=O)CN(c2ccc(C)cc2)S(=O)(=O)c2ccc(F)cc2)C(C)C(=O)NC(C)(C)C)c1. The summed E-state index contributed by atoms with van der Waals surface area (Å²) >= 11 is 0. The van der Waals surface area contributed by atoms with Gasteiger partial charge in [-0.25, -0.2) is 12.8 Å². The fourth-order valence-electron chi connectivity index (χ4n) is 4.00. The van der Waals surface area contributed by atoms with Gasteiger partial charge in [-0.3, -0.25) is 13.9 Å². The number of nitrogens with one attached hydrogen (secondary N) is 1. The van der Waals surface area contributed by atoms with Gasteiger partial charge >= 0.3 is 0 Å². The molecular weight excluding hydrogens is 533 g/mol. The van der Waals surface area contributed by atoms with Crippen molar-refractivity contribution in [1.29, 1.82) is 0 Å². The topological polar surface area (TPSA) is 96.0 Å². The van der Waals surface area contributed by atoms with E-state index in [1.165, 1.54) is 12.0 Å². The number of ether oxygens (including phenoxy) is 1. The summed E-state index contributed by atoms with van der Waals surface area (Å²) in [4.78, 5) is 28.3. The van der Waals surface area contributed by atoms with Crippen LogP contribution in [0.15, 0.2) is 77.7 Å². The molecule has 0 saturated carbocycles. The molecule has 8 nitrogen and oxygen atoms in total. The zero-order valence-electron chi connectivity index (χ0n) is 23.6. The second-order valence-corrected chi connectivity index (χ2v) is 12.5. The molecule has 0 radical (unpaired) electrons. The van der Waals surface area contributed by atoms with E-state index in [9.17, 15) is 22.4 Å². The third kappa shape index (κ3) is 7.81. The van der Waals surface area contributed by atoms with Crippen molar-refractivity contribution < 1.29 is 27.1 Å². The van der Waals surface area contributed by atoms with E-state index in [0.29, 0.717) is 11.3 Å². The van der Waals surface area contributed by atoms with E-state index in [0.717, 1.165) is 34.1 Å². The summed E-state index contributed by atoms with van der Waals surface area (Å²) in [6.45, 7) is 8.41. The second-order valence-electron chi connectivity index (χ2n) is 10.6. The molecular formula is C30H36FN3O5S. The third-order valence-electron chi connectivity index (χ3n) is 6.16. The van der Waals surface area contributed by atoms with E-state index < -0.39 is 39.9 Å². The van der Waals surface area contributed by atoms with Gasteiger partial charge in [0.15, 0.2) is 0 Å². The fraction of sp³-hybridized carbons (Fsp3) is 0.333. The van der Waals surface area contributed by atoms with Gasteiger partial charge in [0, 0.05) is 12.1 Å². The number of benzene rings is 3. The van der Waals surface area contributed by atoms with Crippen LogP contribution in [-0.4, -0.2) is 50.4 Å². The lowest BCUT2D eigenvalue weighted by Gasteiger charge is -2.33. The minimum Gasteiger partial charge on any atom is -0.497 e. The van der Waals surface area contributed by atoms with Gasteiger partial charge in [0.05, 0.1) is 17.7 Å². The average molecular weight is 570 g/mol. The van der Waals surface area contributed by atoms with Crippen LogP contribution in [-0.2, 0) is 26.2 Å². The van der Waals surface area contributed by atoms with Crippen LogP contribution in [0.5, 0.6) is 5.75 Å². The molecule has 0 fully saturated rings. The summed E-state index contributed by atoms with van der Waals surface area (Å²) in [5.41, 5.74) is 1.32. The maximum Gasteiger partial charge on any atom is 0.264 e. The van der Waals surface area contributed by atoms with E-state index in [4.69, 9.17) is 4.74 Å². The summed E-state index contributed by atoms with van der Waals surface area (Å²) < 4.78 is 47.4. The number of hydrogen-bond acceptors (Lipinski definition) is 5. The largest absolute Gasteiger partial charge is 0.497 e. The maximum absolute atomic E-state index is 13.9. The Balaban J connectivity index is 2.04. The lowest BCUT2D eigenvalue weighted by Crippen LogP contribution is -2.54. The number of carbonyl (C=O) groups is 2. The Morgan fingerprint density at radius 3 is 2.20 bits per heavy atom. The molecule has 3 aromatic rings. The minimum atomic E-state index is -4.27. The molecule has 0 bridgehead atoms.